The Morgan fingerprint density at radius 1 is 1.62 bits per heavy atom. The van der Waals surface area contributed by atoms with Gasteiger partial charge in [0.2, 0.25) is 5.91 Å². The van der Waals surface area contributed by atoms with Crippen molar-refractivity contribution in [2.45, 2.75) is 25.8 Å². The molecule has 0 saturated carbocycles. The van der Waals surface area contributed by atoms with Gasteiger partial charge in [-0.25, -0.2) is 0 Å². The number of rotatable bonds is 4. The van der Waals surface area contributed by atoms with Gasteiger partial charge >= 0.3 is 0 Å². The summed E-state index contributed by atoms with van der Waals surface area (Å²) in [4.78, 5) is 13.6. The predicted octanol–water partition coefficient (Wildman–Crippen LogP) is -0.205. The first kappa shape index (κ1) is 13.0. The van der Waals surface area contributed by atoms with Gasteiger partial charge in [-0.2, -0.15) is 0 Å². The Hall–Kier alpha value is -1.05. The lowest BCUT2D eigenvalue weighted by molar-refractivity contribution is -0.122. The van der Waals surface area contributed by atoms with Gasteiger partial charge in [0.15, 0.2) is 0 Å². The lowest BCUT2D eigenvalue weighted by Gasteiger charge is -2.33. The Bertz CT molecular complexity index is 262. The van der Waals surface area contributed by atoms with Crippen LogP contribution in [0, 0.1) is 18.3 Å². The monoisotopic (exact) mass is 223 g/mol. The fraction of sp³-hybridized carbons (Fsp3) is 0.750. The van der Waals surface area contributed by atoms with Crippen LogP contribution in [0.3, 0.4) is 0 Å². The zero-order valence-corrected chi connectivity index (χ0v) is 9.91. The van der Waals surface area contributed by atoms with Gasteiger partial charge < -0.3 is 11.1 Å². The van der Waals surface area contributed by atoms with Crippen molar-refractivity contribution < 1.29 is 4.79 Å². The highest BCUT2D eigenvalue weighted by Gasteiger charge is 2.22. The Morgan fingerprint density at radius 2 is 2.25 bits per heavy atom. The molecule has 0 aliphatic carbocycles. The van der Waals surface area contributed by atoms with Gasteiger partial charge in [-0.05, 0) is 38.8 Å². The van der Waals surface area contributed by atoms with Crippen LogP contribution in [-0.2, 0) is 4.79 Å². The summed E-state index contributed by atoms with van der Waals surface area (Å²) in [5, 5.41) is 2.67. The number of nitrogens with one attached hydrogen (secondary N) is 1. The number of hydrogen-bond acceptors (Lipinski definition) is 3. The first-order chi connectivity index (χ1) is 7.63. The van der Waals surface area contributed by atoms with Crippen LogP contribution in [0.5, 0.6) is 0 Å². The largest absolute Gasteiger partial charge is 0.344 e. The van der Waals surface area contributed by atoms with Crippen molar-refractivity contribution in [1.29, 1.82) is 0 Å². The molecule has 4 heteroatoms. The van der Waals surface area contributed by atoms with Gasteiger partial charge in [0, 0.05) is 6.04 Å². The summed E-state index contributed by atoms with van der Waals surface area (Å²) < 4.78 is 0. The minimum Gasteiger partial charge on any atom is -0.344 e. The minimum atomic E-state index is 0.0113. The summed E-state index contributed by atoms with van der Waals surface area (Å²) in [5.74, 6) is 3.00. The second-order valence-electron chi connectivity index (χ2n) is 4.45. The van der Waals surface area contributed by atoms with E-state index in [0.717, 1.165) is 25.9 Å². The van der Waals surface area contributed by atoms with E-state index in [-0.39, 0.29) is 11.9 Å². The number of nitrogens with zero attached hydrogens (tertiary/aromatic N) is 1. The van der Waals surface area contributed by atoms with Crippen molar-refractivity contribution in [3.05, 3.63) is 0 Å². The molecular formula is C12H21N3O. The summed E-state index contributed by atoms with van der Waals surface area (Å²) >= 11 is 0. The van der Waals surface area contributed by atoms with Crippen molar-refractivity contribution in [3.63, 3.8) is 0 Å². The molecule has 1 aliphatic rings. The van der Waals surface area contributed by atoms with E-state index in [9.17, 15) is 4.79 Å². The first-order valence-electron chi connectivity index (χ1n) is 5.81. The fourth-order valence-corrected chi connectivity index (χ4v) is 2.05. The standard InChI is InChI=1S/C12H21N3O/c1-3-6-14-12(16)9-15-7-4-11(5-8-15)10(2)13/h1,10-11H,4-9,13H2,2H3,(H,14,16). The Balaban J connectivity index is 2.22. The maximum Gasteiger partial charge on any atom is 0.234 e. The molecule has 3 N–H and O–H groups in total. The first-order valence-corrected chi connectivity index (χ1v) is 5.81. The maximum atomic E-state index is 11.4. The summed E-state index contributed by atoms with van der Waals surface area (Å²) in [6.45, 7) is 4.73. The van der Waals surface area contributed by atoms with Crippen LogP contribution in [0.2, 0.25) is 0 Å². The lowest BCUT2D eigenvalue weighted by Crippen LogP contribution is -2.44. The second kappa shape index (κ2) is 6.51. The van der Waals surface area contributed by atoms with Crippen LogP contribution in [0.25, 0.3) is 0 Å². The van der Waals surface area contributed by atoms with Crippen LogP contribution < -0.4 is 11.1 Å². The number of piperidine rings is 1. The molecule has 1 saturated heterocycles. The molecule has 0 aromatic heterocycles. The highest BCUT2D eigenvalue weighted by molar-refractivity contribution is 5.78. The van der Waals surface area contributed by atoms with E-state index in [0.29, 0.717) is 19.0 Å². The smallest absolute Gasteiger partial charge is 0.234 e. The number of hydrogen-bond donors (Lipinski definition) is 2. The molecule has 16 heavy (non-hydrogen) atoms. The molecule has 1 atom stereocenters. The van der Waals surface area contributed by atoms with Crippen molar-refractivity contribution >= 4 is 5.91 Å². The van der Waals surface area contributed by atoms with E-state index in [4.69, 9.17) is 12.2 Å². The summed E-state index contributed by atoms with van der Waals surface area (Å²) in [6, 6.07) is 0.261. The number of amides is 1. The van der Waals surface area contributed by atoms with Crippen molar-refractivity contribution in [1.82, 2.24) is 10.2 Å². The number of carbonyl (C=O) groups excluding carboxylic acids is 1. The third-order valence-corrected chi connectivity index (χ3v) is 3.13. The average Bonchev–Trinajstić information content (AvgIpc) is 2.27. The average molecular weight is 223 g/mol. The molecule has 1 fully saturated rings. The highest BCUT2D eigenvalue weighted by Crippen LogP contribution is 2.18. The predicted molar refractivity (Wildman–Crippen MR) is 64.7 cm³/mol. The van der Waals surface area contributed by atoms with Crippen molar-refractivity contribution in [2.75, 3.05) is 26.2 Å². The molecule has 90 valence electrons. The number of carbonyl (C=O) groups is 1. The van der Waals surface area contributed by atoms with E-state index in [2.05, 4.69) is 23.1 Å². The van der Waals surface area contributed by atoms with Crippen LogP contribution in [-0.4, -0.2) is 43.0 Å². The van der Waals surface area contributed by atoms with E-state index in [1.807, 2.05) is 0 Å². The molecule has 0 radical (unpaired) electrons. The molecular weight excluding hydrogens is 202 g/mol. The van der Waals surface area contributed by atoms with Gasteiger partial charge in [-0.3, -0.25) is 9.69 Å². The molecule has 0 spiro atoms. The molecule has 0 bridgehead atoms. The molecule has 0 aromatic rings. The zero-order valence-electron chi connectivity index (χ0n) is 9.91. The second-order valence-corrected chi connectivity index (χ2v) is 4.45. The Labute approximate surface area is 97.6 Å². The molecule has 4 nitrogen and oxygen atoms in total. The quantitative estimate of drug-likeness (QED) is 0.649. The van der Waals surface area contributed by atoms with Crippen LogP contribution >= 0.6 is 0 Å². The number of nitrogens with two attached hydrogens (primary N) is 1. The van der Waals surface area contributed by atoms with E-state index < -0.39 is 0 Å². The Kier molecular flexibility index (Phi) is 5.30. The molecule has 1 unspecified atom stereocenters. The van der Waals surface area contributed by atoms with E-state index in [1.165, 1.54) is 0 Å². The SMILES string of the molecule is C#CCNC(=O)CN1CCC(C(C)N)CC1. The van der Waals surface area contributed by atoms with E-state index >= 15 is 0 Å². The highest BCUT2D eigenvalue weighted by atomic mass is 16.2. The zero-order chi connectivity index (χ0) is 12.0. The van der Waals surface area contributed by atoms with Crippen molar-refractivity contribution in [2.24, 2.45) is 11.7 Å². The third-order valence-electron chi connectivity index (χ3n) is 3.13. The normalized spacial score (nSPS) is 20.1. The number of likely N-dealkylation sites (tertiary alicyclic amines) is 1. The van der Waals surface area contributed by atoms with Crippen LogP contribution in [0.4, 0.5) is 0 Å². The van der Waals surface area contributed by atoms with Crippen LogP contribution in [0.15, 0.2) is 0 Å². The van der Waals surface area contributed by atoms with Gasteiger partial charge in [-0.1, -0.05) is 5.92 Å². The van der Waals surface area contributed by atoms with Crippen LogP contribution in [0.1, 0.15) is 19.8 Å². The van der Waals surface area contributed by atoms with Gasteiger partial charge in [0.05, 0.1) is 13.1 Å². The van der Waals surface area contributed by atoms with Gasteiger partial charge in [0.25, 0.3) is 0 Å². The maximum absolute atomic E-state index is 11.4. The van der Waals surface area contributed by atoms with Gasteiger partial charge in [-0.15, -0.1) is 6.42 Å². The third kappa shape index (κ3) is 4.21. The topological polar surface area (TPSA) is 58.4 Å². The number of terminal acetylenes is 1. The fourth-order valence-electron chi connectivity index (χ4n) is 2.05. The molecule has 1 heterocycles. The summed E-state index contributed by atoms with van der Waals surface area (Å²) in [5.41, 5.74) is 5.86. The Morgan fingerprint density at radius 3 is 2.75 bits per heavy atom. The summed E-state index contributed by atoms with van der Waals surface area (Å²) in [6.07, 6.45) is 7.24. The molecule has 1 aliphatic heterocycles. The molecule has 0 aromatic carbocycles. The molecule has 1 amide bonds. The van der Waals surface area contributed by atoms with Gasteiger partial charge in [0.1, 0.15) is 0 Å². The van der Waals surface area contributed by atoms with Crippen molar-refractivity contribution in [3.8, 4) is 12.3 Å². The lowest BCUT2D eigenvalue weighted by atomic mass is 9.91. The minimum absolute atomic E-state index is 0.0113. The summed E-state index contributed by atoms with van der Waals surface area (Å²) in [7, 11) is 0. The van der Waals surface area contributed by atoms with E-state index in [1.54, 1.807) is 0 Å². The molecule has 1 rings (SSSR count).